The van der Waals surface area contributed by atoms with Crippen LogP contribution in [0.5, 0.6) is 0 Å². The number of benzene rings is 1. The lowest BCUT2D eigenvalue weighted by Crippen LogP contribution is -2.41. The fourth-order valence-corrected chi connectivity index (χ4v) is 5.21. The van der Waals surface area contributed by atoms with E-state index in [0.29, 0.717) is 30.2 Å². The predicted octanol–water partition coefficient (Wildman–Crippen LogP) is 2.80. The number of piperidine rings is 1. The first-order chi connectivity index (χ1) is 13.7. The first-order valence-electron chi connectivity index (χ1n) is 9.17. The highest BCUT2D eigenvalue weighted by Gasteiger charge is 2.29. The van der Waals surface area contributed by atoms with Crippen molar-refractivity contribution in [3.8, 4) is 0 Å². The Kier molecular flexibility index (Phi) is 6.30. The van der Waals surface area contributed by atoms with Crippen molar-refractivity contribution >= 4 is 33.4 Å². The van der Waals surface area contributed by atoms with E-state index in [1.54, 1.807) is 19.9 Å². The summed E-state index contributed by atoms with van der Waals surface area (Å²) < 4.78 is 32.5. The van der Waals surface area contributed by atoms with Gasteiger partial charge in [-0.3, -0.25) is 20.4 Å². The first-order valence-corrected chi connectivity index (χ1v) is 11.0. The van der Waals surface area contributed by atoms with Crippen LogP contribution in [0.4, 0.5) is 0 Å². The summed E-state index contributed by atoms with van der Waals surface area (Å²) >= 11 is 6.11. The lowest BCUT2D eigenvalue weighted by molar-refractivity contribution is 0.0845. The summed E-state index contributed by atoms with van der Waals surface area (Å²) in [6, 6.07) is 5.54. The van der Waals surface area contributed by atoms with Gasteiger partial charge in [-0.2, -0.15) is 4.31 Å². The van der Waals surface area contributed by atoms with Crippen LogP contribution in [0.25, 0.3) is 0 Å². The molecule has 1 aliphatic rings. The van der Waals surface area contributed by atoms with Crippen LogP contribution in [0.2, 0.25) is 5.02 Å². The Bertz CT molecular complexity index is 1040. The topological polar surface area (TPSA) is 109 Å². The van der Waals surface area contributed by atoms with E-state index >= 15 is 0 Å². The van der Waals surface area contributed by atoms with E-state index in [4.69, 9.17) is 16.0 Å². The molecule has 1 fully saturated rings. The number of amides is 2. The van der Waals surface area contributed by atoms with E-state index in [1.165, 1.54) is 22.5 Å². The molecule has 156 valence electrons. The molecule has 1 aliphatic heterocycles. The molecule has 2 aromatic rings. The molecule has 3 rings (SSSR count). The molecular formula is C19H22ClN3O5S. The van der Waals surface area contributed by atoms with Crippen molar-refractivity contribution in [1.29, 1.82) is 0 Å². The van der Waals surface area contributed by atoms with Crippen molar-refractivity contribution < 1.29 is 22.4 Å². The normalized spacial score (nSPS) is 15.1. The van der Waals surface area contributed by atoms with E-state index < -0.39 is 21.8 Å². The van der Waals surface area contributed by atoms with Crippen molar-refractivity contribution in [2.45, 2.75) is 38.0 Å². The minimum atomic E-state index is -3.80. The number of carbonyl (C=O) groups is 2. The van der Waals surface area contributed by atoms with Gasteiger partial charge in [0.15, 0.2) is 0 Å². The van der Waals surface area contributed by atoms with E-state index in [2.05, 4.69) is 10.9 Å². The molecule has 0 spiro atoms. The minimum Gasteiger partial charge on any atom is -0.466 e. The third-order valence-electron chi connectivity index (χ3n) is 4.70. The van der Waals surface area contributed by atoms with Crippen molar-refractivity contribution in [2.75, 3.05) is 13.1 Å². The molecule has 1 aromatic heterocycles. The molecule has 0 aliphatic carbocycles. The van der Waals surface area contributed by atoms with Crippen LogP contribution >= 0.6 is 11.6 Å². The predicted molar refractivity (Wildman–Crippen MR) is 107 cm³/mol. The van der Waals surface area contributed by atoms with Crippen molar-refractivity contribution in [3.63, 3.8) is 0 Å². The number of rotatable bonds is 4. The second kappa shape index (κ2) is 8.56. The third kappa shape index (κ3) is 4.63. The average molecular weight is 440 g/mol. The van der Waals surface area contributed by atoms with Gasteiger partial charge in [-0.05, 0) is 51.0 Å². The number of hydrazine groups is 1. The number of aryl methyl sites for hydroxylation is 2. The van der Waals surface area contributed by atoms with Crippen LogP contribution in [-0.4, -0.2) is 37.6 Å². The Hall–Kier alpha value is -2.36. The summed E-state index contributed by atoms with van der Waals surface area (Å²) in [4.78, 5) is 24.5. The molecule has 1 saturated heterocycles. The molecule has 0 atom stereocenters. The standard InChI is InChI=1S/C19H22ClN3O5S/c1-12-10-15(13(2)28-12)19(25)22-21-18(24)14-6-7-16(20)17(11-14)29(26,27)23-8-4-3-5-9-23/h6-7,10-11H,3-5,8-9H2,1-2H3,(H,21,24)(H,22,25). The van der Waals surface area contributed by atoms with Crippen LogP contribution in [0, 0.1) is 13.8 Å². The molecule has 0 radical (unpaired) electrons. The summed E-state index contributed by atoms with van der Waals surface area (Å²) in [5.41, 5.74) is 4.93. The number of hydrogen-bond donors (Lipinski definition) is 2. The number of furan rings is 1. The van der Waals surface area contributed by atoms with Crippen LogP contribution < -0.4 is 10.9 Å². The summed E-state index contributed by atoms with van der Waals surface area (Å²) in [7, 11) is -3.80. The molecule has 1 aromatic carbocycles. The van der Waals surface area contributed by atoms with Gasteiger partial charge < -0.3 is 4.42 Å². The zero-order valence-electron chi connectivity index (χ0n) is 16.1. The molecule has 2 heterocycles. The highest BCUT2D eigenvalue weighted by atomic mass is 35.5. The Balaban J connectivity index is 1.75. The van der Waals surface area contributed by atoms with Gasteiger partial charge in [-0.25, -0.2) is 8.42 Å². The van der Waals surface area contributed by atoms with Crippen molar-refractivity contribution in [2.24, 2.45) is 0 Å². The lowest BCUT2D eigenvalue weighted by atomic mass is 10.2. The number of halogens is 1. The smallest absolute Gasteiger partial charge is 0.273 e. The maximum absolute atomic E-state index is 12.9. The SMILES string of the molecule is Cc1cc(C(=O)NNC(=O)c2ccc(Cl)c(S(=O)(=O)N3CCCCC3)c2)c(C)o1. The van der Waals surface area contributed by atoms with Gasteiger partial charge in [-0.15, -0.1) is 0 Å². The number of nitrogens with zero attached hydrogens (tertiary/aromatic N) is 1. The Morgan fingerprint density at radius 1 is 1.03 bits per heavy atom. The fraction of sp³-hybridized carbons (Fsp3) is 0.368. The summed E-state index contributed by atoms with van der Waals surface area (Å²) in [5.74, 6) is -0.203. The third-order valence-corrected chi connectivity index (χ3v) is 7.08. The van der Waals surface area contributed by atoms with E-state index in [9.17, 15) is 18.0 Å². The maximum Gasteiger partial charge on any atom is 0.273 e. The zero-order chi connectivity index (χ0) is 21.2. The van der Waals surface area contributed by atoms with Gasteiger partial charge in [0.1, 0.15) is 16.4 Å². The number of carbonyl (C=O) groups excluding carboxylic acids is 2. The lowest BCUT2D eigenvalue weighted by Gasteiger charge is -2.26. The molecule has 29 heavy (non-hydrogen) atoms. The quantitative estimate of drug-likeness (QED) is 0.712. The molecule has 0 saturated carbocycles. The number of hydrogen-bond acceptors (Lipinski definition) is 5. The first kappa shape index (κ1) is 21.4. The van der Waals surface area contributed by atoms with Gasteiger partial charge in [0.2, 0.25) is 10.0 Å². The molecule has 0 bridgehead atoms. The molecule has 2 N–H and O–H groups in total. The molecule has 0 unspecified atom stereocenters. The van der Waals surface area contributed by atoms with Gasteiger partial charge >= 0.3 is 0 Å². The largest absolute Gasteiger partial charge is 0.466 e. The minimum absolute atomic E-state index is 0.0423. The van der Waals surface area contributed by atoms with Crippen LogP contribution in [-0.2, 0) is 10.0 Å². The highest BCUT2D eigenvalue weighted by molar-refractivity contribution is 7.89. The van der Waals surface area contributed by atoms with Crippen LogP contribution in [0.3, 0.4) is 0 Å². The molecular weight excluding hydrogens is 418 g/mol. The fourth-order valence-electron chi connectivity index (χ4n) is 3.20. The van der Waals surface area contributed by atoms with Gasteiger partial charge in [0.05, 0.1) is 10.6 Å². The highest BCUT2D eigenvalue weighted by Crippen LogP contribution is 2.27. The Morgan fingerprint density at radius 3 is 2.31 bits per heavy atom. The average Bonchev–Trinajstić information content (AvgIpc) is 3.04. The van der Waals surface area contributed by atoms with E-state index in [0.717, 1.165) is 19.3 Å². The van der Waals surface area contributed by atoms with Crippen molar-refractivity contribution in [3.05, 3.63) is 51.9 Å². The molecule has 2 amide bonds. The summed E-state index contributed by atoms with van der Waals surface area (Å²) in [6.45, 7) is 4.20. The second-order valence-electron chi connectivity index (χ2n) is 6.85. The second-order valence-corrected chi connectivity index (χ2v) is 9.16. The summed E-state index contributed by atoms with van der Waals surface area (Å²) in [6.07, 6.45) is 2.56. The van der Waals surface area contributed by atoms with Gasteiger partial charge in [0.25, 0.3) is 11.8 Å². The maximum atomic E-state index is 12.9. The number of nitrogens with one attached hydrogen (secondary N) is 2. The van der Waals surface area contributed by atoms with E-state index in [-0.39, 0.29) is 15.5 Å². The Morgan fingerprint density at radius 2 is 1.69 bits per heavy atom. The Labute approximate surface area is 174 Å². The van der Waals surface area contributed by atoms with Gasteiger partial charge in [0, 0.05) is 18.7 Å². The van der Waals surface area contributed by atoms with Crippen LogP contribution in [0.1, 0.15) is 51.5 Å². The molecule has 10 heteroatoms. The van der Waals surface area contributed by atoms with Gasteiger partial charge in [-0.1, -0.05) is 18.0 Å². The van der Waals surface area contributed by atoms with E-state index in [1.807, 2.05) is 0 Å². The summed E-state index contributed by atoms with van der Waals surface area (Å²) in [5, 5.41) is 0.0423. The zero-order valence-corrected chi connectivity index (χ0v) is 17.7. The monoisotopic (exact) mass is 439 g/mol. The van der Waals surface area contributed by atoms with Crippen molar-refractivity contribution in [1.82, 2.24) is 15.2 Å². The number of sulfonamides is 1. The van der Waals surface area contributed by atoms with Crippen LogP contribution in [0.15, 0.2) is 33.6 Å². The molecule has 8 nitrogen and oxygen atoms in total.